The zero-order chi connectivity index (χ0) is 52.5. The molecule has 6 amide bonds. The van der Waals surface area contributed by atoms with Crippen molar-refractivity contribution in [2.75, 3.05) is 11.9 Å². The van der Waals surface area contributed by atoms with E-state index in [2.05, 4.69) is 50.8 Å². The Kier molecular flexibility index (Phi) is 15.8. The Hall–Kier alpha value is -6.12. The van der Waals surface area contributed by atoms with Crippen LogP contribution in [-0.2, 0) is 54.5 Å². The largest absolute Gasteiger partial charge is 0.444 e. The van der Waals surface area contributed by atoms with Crippen molar-refractivity contribution in [1.82, 2.24) is 31.1 Å². The lowest BCUT2D eigenvalue weighted by Gasteiger charge is -2.41. The fraction of sp³-hybridized carbons (Fsp3) is 0.579. The minimum Gasteiger partial charge on any atom is -0.444 e. The van der Waals surface area contributed by atoms with Crippen LogP contribution in [0.3, 0.4) is 0 Å². The first-order valence-electron chi connectivity index (χ1n) is 25.9. The van der Waals surface area contributed by atoms with Crippen molar-refractivity contribution in [3.05, 3.63) is 100 Å². The Labute approximate surface area is 426 Å². The fourth-order valence-electron chi connectivity index (χ4n) is 10.6. The van der Waals surface area contributed by atoms with E-state index in [0.29, 0.717) is 5.69 Å². The molecule has 0 aromatic heterocycles. The van der Waals surface area contributed by atoms with Gasteiger partial charge in [-0.3, -0.25) is 19.2 Å². The molecule has 2 aliphatic carbocycles. The van der Waals surface area contributed by atoms with E-state index in [-0.39, 0.29) is 55.9 Å². The highest BCUT2D eigenvalue weighted by molar-refractivity contribution is 5.94. The summed E-state index contributed by atoms with van der Waals surface area (Å²) < 4.78 is 11.2. The molecular weight excluding hydrogens is 911 g/mol. The number of anilines is 1. The number of carbonyl (C=O) groups excluding carboxylic acids is 6. The van der Waals surface area contributed by atoms with Crippen LogP contribution in [-0.4, -0.2) is 93.6 Å². The average molecular weight is 990 g/mol. The minimum atomic E-state index is -1.03. The number of nitrogens with zero attached hydrogens (tertiary/aromatic N) is 2. The molecule has 0 radical (unpaired) electrons. The lowest BCUT2D eigenvalue weighted by Crippen LogP contribution is -2.61. The smallest absolute Gasteiger partial charge is 0.408 e. The second-order valence-corrected chi connectivity index (χ2v) is 24.4. The maximum absolute atomic E-state index is 15.0. The summed E-state index contributed by atoms with van der Waals surface area (Å²) in [4.78, 5) is 88.9. The second kappa shape index (κ2) is 21.2. The van der Waals surface area contributed by atoms with Crippen LogP contribution in [0.5, 0.6) is 0 Å². The van der Waals surface area contributed by atoms with Gasteiger partial charge in [0.25, 0.3) is 0 Å². The Morgan fingerprint density at radius 2 is 1.04 bits per heavy atom. The molecule has 2 aliphatic heterocycles. The monoisotopic (exact) mass is 990 g/mol. The number of hydrogen-bond donors (Lipinski definition) is 5. The summed E-state index contributed by atoms with van der Waals surface area (Å²) in [6.45, 7) is 22.0. The van der Waals surface area contributed by atoms with Gasteiger partial charge in [-0.25, -0.2) is 9.59 Å². The van der Waals surface area contributed by atoms with Crippen LogP contribution in [0.15, 0.2) is 66.7 Å². The number of rotatable bonds is 10. The zero-order valence-corrected chi connectivity index (χ0v) is 44.6. The van der Waals surface area contributed by atoms with Crippen LogP contribution in [0.2, 0.25) is 0 Å². The van der Waals surface area contributed by atoms with Crippen LogP contribution in [0.25, 0.3) is 0 Å². The summed E-state index contributed by atoms with van der Waals surface area (Å²) in [5, 5.41) is 15.9. The molecule has 0 spiro atoms. The van der Waals surface area contributed by atoms with E-state index < -0.39 is 70.2 Å². The lowest BCUT2D eigenvalue weighted by atomic mass is 9.84. The number of nitrogens with one attached hydrogen (secondary N) is 5. The van der Waals surface area contributed by atoms with Gasteiger partial charge in [-0.05, 0) is 143 Å². The second-order valence-electron chi connectivity index (χ2n) is 24.4. The first-order chi connectivity index (χ1) is 33.6. The molecule has 7 rings (SSSR count). The van der Waals surface area contributed by atoms with Crippen LogP contribution < -0.4 is 26.6 Å². The third-order valence-electron chi connectivity index (χ3n) is 14.1. The van der Waals surface area contributed by atoms with Crippen molar-refractivity contribution >= 4 is 41.5 Å². The van der Waals surface area contributed by atoms with Crippen molar-refractivity contribution in [2.24, 2.45) is 10.8 Å². The summed E-state index contributed by atoms with van der Waals surface area (Å²) in [7, 11) is 0. The third-order valence-corrected chi connectivity index (χ3v) is 14.1. The van der Waals surface area contributed by atoms with Gasteiger partial charge in [-0.2, -0.15) is 0 Å². The molecule has 4 aliphatic rings. The molecule has 1 fully saturated rings. The predicted molar refractivity (Wildman–Crippen MR) is 278 cm³/mol. The number of carbonyl (C=O) groups is 6. The summed E-state index contributed by atoms with van der Waals surface area (Å²) in [6, 6.07) is 17.6. The molecule has 2 heterocycles. The number of benzene rings is 3. The van der Waals surface area contributed by atoms with Gasteiger partial charge in [0.15, 0.2) is 0 Å². The number of amides is 6. The lowest BCUT2D eigenvalue weighted by molar-refractivity contribution is -0.145. The Morgan fingerprint density at radius 1 is 0.569 bits per heavy atom. The maximum atomic E-state index is 15.0. The molecule has 72 heavy (non-hydrogen) atoms. The van der Waals surface area contributed by atoms with Crippen molar-refractivity contribution in [3.8, 4) is 0 Å². The molecular formula is C57H79N7O8. The highest BCUT2D eigenvalue weighted by atomic mass is 16.6. The molecule has 1 saturated heterocycles. The molecule has 3 aromatic carbocycles. The van der Waals surface area contributed by atoms with Gasteiger partial charge >= 0.3 is 12.2 Å². The van der Waals surface area contributed by atoms with Gasteiger partial charge in [-0.15, -0.1) is 0 Å². The summed E-state index contributed by atoms with van der Waals surface area (Å²) in [5.41, 5.74) is 3.89. The Morgan fingerprint density at radius 3 is 1.53 bits per heavy atom. The SMILES string of the molecule is CC(C)(C)OC(=O)NC(C(=O)N1Cc2cc(N[C@H]3CC(C(=O)N[C@@H]4CCCc5ccccc54)N(C(=O)[C@@H](NC(=O)OC(C)(C)C)C(C)(C)C)C3)ccc2C[C@H]1C(=O)NC1CCCc2ccccc21)C(C)(C)C. The highest BCUT2D eigenvalue weighted by Crippen LogP contribution is 2.36. The standard InChI is InChI=1S/C57H79N7O8/c1-54(2,3)46(61-52(69)71-56(7,8)9)50(67)63-32-37-29-38(28-27-36(37)30-44(63)48(65)59-42-25-17-21-34-19-13-15-23-40(34)42)58-39-31-45(49(66)60-43-26-18-22-35-20-14-16-24-41(35)43)64(33-39)51(68)47(55(4,5)6)62-53(70)72-57(10,11)12/h13-16,19-20,23-24,27-29,39,42-47,58H,17-18,21-22,25-26,30-33H2,1-12H3,(H,59,65)(H,60,66)(H,61,69)(H,62,70)/t39-,42?,43+,44-,45?,46?,47+/m0/s1. The van der Waals surface area contributed by atoms with E-state index in [1.165, 1.54) is 11.1 Å². The number of fused-ring (bicyclic) bond motifs is 3. The molecule has 5 N–H and O–H groups in total. The molecule has 3 unspecified atom stereocenters. The fourth-order valence-corrected chi connectivity index (χ4v) is 10.6. The number of ether oxygens (including phenoxy) is 2. The first kappa shape index (κ1) is 53.7. The van der Waals surface area contributed by atoms with Gasteiger partial charge in [-0.1, -0.05) is 96.1 Å². The van der Waals surface area contributed by atoms with Gasteiger partial charge in [0.1, 0.15) is 35.4 Å². The Balaban J connectivity index is 1.17. The zero-order valence-electron chi connectivity index (χ0n) is 44.6. The quantitative estimate of drug-likeness (QED) is 0.133. The van der Waals surface area contributed by atoms with Gasteiger partial charge in [0.2, 0.25) is 23.6 Å². The van der Waals surface area contributed by atoms with Gasteiger partial charge in [0.05, 0.1) is 12.1 Å². The van der Waals surface area contributed by atoms with Crippen LogP contribution >= 0.6 is 0 Å². The van der Waals surface area contributed by atoms with E-state index in [1.807, 2.05) is 84.0 Å². The first-order valence-corrected chi connectivity index (χ1v) is 25.9. The molecule has 0 saturated carbocycles. The number of alkyl carbamates (subject to hydrolysis) is 2. The van der Waals surface area contributed by atoms with E-state index in [4.69, 9.17) is 9.47 Å². The number of hydrogen-bond acceptors (Lipinski definition) is 9. The van der Waals surface area contributed by atoms with E-state index in [1.54, 1.807) is 51.3 Å². The molecule has 15 nitrogen and oxygen atoms in total. The summed E-state index contributed by atoms with van der Waals surface area (Å²) >= 11 is 0. The third kappa shape index (κ3) is 13.1. The van der Waals surface area contributed by atoms with Gasteiger partial charge < -0.3 is 45.9 Å². The summed E-state index contributed by atoms with van der Waals surface area (Å²) in [5.74, 6) is -1.34. The normalized spacial score (nSPS) is 21.9. The predicted octanol–water partition coefficient (Wildman–Crippen LogP) is 8.59. The molecule has 15 heteroatoms. The van der Waals surface area contributed by atoms with Crippen molar-refractivity contribution < 1.29 is 38.2 Å². The van der Waals surface area contributed by atoms with Crippen LogP contribution in [0, 0.1) is 10.8 Å². The maximum Gasteiger partial charge on any atom is 0.408 e. The topological polar surface area (TPSA) is 188 Å². The molecule has 390 valence electrons. The molecule has 7 atom stereocenters. The molecule has 3 aromatic rings. The number of likely N-dealkylation sites (tertiary alicyclic amines) is 1. The van der Waals surface area contributed by atoms with Crippen LogP contribution in [0.1, 0.15) is 161 Å². The van der Waals surface area contributed by atoms with Gasteiger partial charge in [0, 0.05) is 31.2 Å². The van der Waals surface area contributed by atoms with Crippen molar-refractivity contribution in [1.29, 1.82) is 0 Å². The van der Waals surface area contributed by atoms with Crippen LogP contribution in [0.4, 0.5) is 15.3 Å². The van der Waals surface area contributed by atoms with E-state index in [0.717, 1.165) is 60.8 Å². The Bertz CT molecular complexity index is 2520. The highest BCUT2D eigenvalue weighted by Gasteiger charge is 2.47. The average Bonchev–Trinajstić information content (AvgIpc) is 3.71. The van der Waals surface area contributed by atoms with Crippen molar-refractivity contribution in [3.63, 3.8) is 0 Å². The van der Waals surface area contributed by atoms with E-state index in [9.17, 15) is 24.0 Å². The summed E-state index contributed by atoms with van der Waals surface area (Å²) in [6.07, 6.45) is 4.33. The molecule has 0 bridgehead atoms. The van der Waals surface area contributed by atoms with E-state index >= 15 is 4.79 Å². The number of aryl methyl sites for hydroxylation is 2. The van der Waals surface area contributed by atoms with Crippen molar-refractivity contribution in [2.45, 2.75) is 194 Å². The minimum absolute atomic E-state index is 0.0817.